The number of aromatic nitrogens is 1. The zero-order valence-corrected chi connectivity index (χ0v) is 12.1. The van der Waals surface area contributed by atoms with Crippen molar-refractivity contribution in [3.63, 3.8) is 0 Å². The third kappa shape index (κ3) is 3.40. The second kappa shape index (κ2) is 5.68. The Morgan fingerprint density at radius 3 is 2.63 bits per heavy atom. The van der Waals surface area contributed by atoms with Gasteiger partial charge in [0.25, 0.3) is 0 Å². The molecule has 0 fully saturated rings. The molecule has 1 heterocycles. The Morgan fingerprint density at radius 2 is 2.00 bits per heavy atom. The van der Waals surface area contributed by atoms with Crippen LogP contribution in [-0.2, 0) is 6.18 Å². The Labute approximate surface area is 120 Å². The van der Waals surface area contributed by atoms with E-state index in [2.05, 4.69) is 20.9 Å². The van der Waals surface area contributed by atoms with Gasteiger partial charge < -0.3 is 5.73 Å². The number of alkyl halides is 3. The van der Waals surface area contributed by atoms with Crippen LogP contribution in [0.3, 0.4) is 0 Å². The van der Waals surface area contributed by atoms with Crippen molar-refractivity contribution < 1.29 is 13.2 Å². The summed E-state index contributed by atoms with van der Waals surface area (Å²) in [6, 6.07) is 6.09. The van der Waals surface area contributed by atoms with Crippen LogP contribution in [0.2, 0.25) is 0 Å². The first kappa shape index (κ1) is 14.6. The highest BCUT2D eigenvalue weighted by Gasteiger charge is 2.33. The Bertz CT molecular complexity index is 601. The van der Waals surface area contributed by atoms with Crippen LogP contribution in [0.15, 0.2) is 33.6 Å². The zero-order valence-electron chi connectivity index (χ0n) is 9.67. The molecule has 0 amide bonds. The van der Waals surface area contributed by atoms with Crippen molar-refractivity contribution in [2.75, 3.05) is 12.3 Å². The third-order valence-electron chi connectivity index (χ3n) is 2.40. The number of hydrogen-bond donors (Lipinski definition) is 1. The van der Waals surface area contributed by atoms with E-state index in [1.165, 1.54) is 11.8 Å². The highest BCUT2D eigenvalue weighted by molar-refractivity contribution is 9.10. The van der Waals surface area contributed by atoms with Gasteiger partial charge in [-0.2, -0.15) is 13.2 Å². The summed E-state index contributed by atoms with van der Waals surface area (Å²) in [5, 5.41) is 0.695. The van der Waals surface area contributed by atoms with E-state index in [1.807, 2.05) is 0 Å². The van der Waals surface area contributed by atoms with Gasteiger partial charge in [-0.25, -0.2) is 4.98 Å². The quantitative estimate of drug-likeness (QED) is 0.848. The lowest BCUT2D eigenvalue weighted by Crippen LogP contribution is -2.08. The van der Waals surface area contributed by atoms with Gasteiger partial charge in [0.15, 0.2) is 0 Å². The molecule has 0 bridgehead atoms. The van der Waals surface area contributed by atoms with Gasteiger partial charge in [-0.15, -0.1) is 11.8 Å². The number of halogens is 4. The first-order valence-corrected chi connectivity index (χ1v) is 7.20. The molecule has 0 unspecified atom stereocenters. The van der Waals surface area contributed by atoms with Crippen LogP contribution in [0.4, 0.5) is 13.2 Å². The lowest BCUT2D eigenvalue weighted by atomic mass is 10.2. The molecule has 0 saturated heterocycles. The molecule has 0 aliphatic rings. The fourth-order valence-electron chi connectivity index (χ4n) is 1.60. The fraction of sp³-hybridized carbons (Fsp3) is 0.250. The van der Waals surface area contributed by atoms with Crippen molar-refractivity contribution in [3.8, 4) is 0 Å². The predicted octanol–water partition coefficient (Wildman–Crippen LogP) is 4.07. The third-order valence-corrected chi connectivity index (χ3v) is 3.98. The van der Waals surface area contributed by atoms with Gasteiger partial charge in [0, 0.05) is 27.1 Å². The number of pyridine rings is 1. The summed E-state index contributed by atoms with van der Waals surface area (Å²) in [4.78, 5) is 4.21. The van der Waals surface area contributed by atoms with Gasteiger partial charge in [-0.1, -0.05) is 15.9 Å². The summed E-state index contributed by atoms with van der Waals surface area (Å²) in [6.45, 7) is 0.407. The van der Waals surface area contributed by atoms with E-state index in [0.29, 0.717) is 28.1 Å². The minimum Gasteiger partial charge on any atom is -0.330 e. The maximum atomic E-state index is 12.8. The Morgan fingerprint density at radius 1 is 1.26 bits per heavy atom. The van der Waals surface area contributed by atoms with E-state index >= 15 is 0 Å². The van der Waals surface area contributed by atoms with Crippen LogP contribution in [0.25, 0.3) is 10.9 Å². The minimum absolute atomic E-state index is 0.331. The van der Waals surface area contributed by atoms with E-state index in [4.69, 9.17) is 5.73 Å². The van der Waals surface area contributed by atoms with E-state index in [-0.39, 0.29) is 0 Å². The van der Waals surface area contributed by atoms with Gasteiger partial charge in [-0.3, -0.25) is 0 Å². The summed E-state index contributed by atoms with van der Waals surface area (Å²) < 4.78 is 39.2. The van der Waals surface area contributed by atoms with Crippen molar-refractivity contribution in [1.29, 1.82) is 0 Å². The average Bonchev–Trinajstić information content (AvgIpc) is 2.34. The van der Waals surface area contributed by atoms with Crippen LogP contribution in [0, 0.1) is 0 Å². The van der Waals surface area contributed by atoms with Crippen molar-refractivity contribution in [3.05, 3.63) is 34.4 Å². The van der Waals surface area contributed by atoms with Gasteiger partial charge in [0.1, 0.15) is 5.69 Å². The normalized spacial score (nSPS) is 12.1. The van der Waals surface area contributed by atoms with Gasteiger partial charge in [-0.05, 0) is 24.3 Å². The average molecular weight is 351 g/mol. The lowest BCUT2D eigenvalue weighted by molar-refractivity contribution is -0.141. The fourth-order valence-corrected chi connectivity index (χ4v) is 2.81. The van der Waals surface area contributed by atoms with E-state index < -0.39 is 11.9 Å². The van der Waals surface area contributed by atoms with E-state index in [1.54, 1.807) is 18.2 Å². The molecule has 7 heteroatoms. The zero-order chi connectivity index (χ0) is 14.0. The lowest BCUT2D eigenvalue weighted by Gasteiger charge is -2.11. The number of nitrogens with two attached hydrogens (primary N) is 1. The summed E-state index contributed by atoms with van der Waals surface area (Å²) >= 11 is 4.61. The van der Waals surface area contributed by atoms with Crippen molar-refractivity contribution >= 4 is 38.6 Å². The van der Waals surface area contributed by atoms with Crippen molar-refractivity contribution in [2.45, 2.75) is 11.1 Å². The maximum absolute atomic E-state index is 12.8. The molecule has 1 aromatic carbocycles. The number of thioether (sulfide) groups is 1. The molecule has 0 saturated carbocycles. The van der Waals surface area contributed by atoms with Crippen LogP contribution in [0.1, 0.15) is 5.69 Å². The first-order chi connectivity index (χ1) is 8.91. The monoisotopic (exact) mass is 350 g/mol. The molecule has 0 radical (unpaired) electrons. The number of nitrogens with zero attached hydrogens (tertiary/aromatic N) is 1. The number of fused-ring (bicyclic) bond motifs is 1. The molecule has 19 heavy (non-hydrogen) atoms. The van der Waals surface area contributed by atoms with E-state index in [0.717, 1.165) is 10.5 Å². The molecule has 1 aromatic heterocycles. The second-order valence-corrected chi connectivity index (χ2v) is 5.85. The standard InChI is InChI=1S/C12H10BrF3N2S/c13-7-1-2-9-8(5-7)10(19-4-3-17)6-11(18-9)12(14,15)16/h1-2,5-6H,3-4,17H2. The largest absolute Gasteiger partial charge is 0.433 e. The molecule has 2 aromatic rings. The summed E-state index contributed by atoms with van der Waals surface area (Å²) in [5.74, 6) is 0.558. The molecular formula is C12H10BrF3N2S. The predicted molar refractivity (Wildman–Crippen MR) is 74.2 cm³/mol. The second-order valence-electron chi connectivity index (χ2n) is 3.80. The van der Waals surface area contributed by atoms with Crippen LogP contribution in [-0.4, -0.2) is 17.3 Å². The van der Waals surface area contributed by atoms with E-state index in [9.17, 15) is 13.2 Å². The number of benzene rings is 1. The van der Waals surface area contributed by atoms with Gasteiger partial charge in [0.2, 0.25) is 0 Å². The topological polar surface area (TPSA) is 38.9 Å². The van der Waals surface area contributed by atoms with Crippen LogP contribution < -0.4 is 5.73 Å². The highest BCUT2D eigenvalue weighted by atomic mass is 79.9. The molecule has 102 valence electrons. The first-order valence-electron chi connectivity index (χ1n) is 5.42. The molecule has 2 nitrogen and oxygen atoms in total. The Hall–Kier alpha value is -0.790. The Balaban J connectivity index is 2.62. The summed E-state index contributed by atoms with van der Waals surface area (Å²) in [5.41, 5.74) is 4.86. The highest BCUT2D eigenvalue weighted by Crippen LogP contribution is 2.35. The van der Waals surface area contributed by atoms with Gasteiger partial charge in [0.05, 0.1) is 5.52 Å². The van der Waals surface area contributed by atoms with Crippen LogP contribution in [0.5, 0.6) is 0 Å². The van der Waals surface area contributed by atoms with Crippen molar-refractivity contribution in [1.82, 2.24) is 4.98 Å². The number of hydrogen-bond acceptors (Lipinski definition) is 3. The van der Waals surface area contributed by atoms with Gasteiger partial charge >= 0.3 is 6.18 Å². The summed E-state index contributed by atoms with van der Waals surface area (Å²) in [7, 11) is 0. The molecule has 0 spiro atoms. The van der Waals surface area contributed by atoms with Crippen molar-refractivity contribution in [2.24, 2.45) is 5.73 Å². The molecule has 0 aliphatic carbocycles. The molecule has 2 rings (SSSR count). The Kier molecular flexibility index (Phi) is 4.37. The maximum Gasteiger partial charge on any atom is 0.433 e. The minimum atomic E-state index is -4.45. The molecular weight excluding hydrogens is 341 g/mol. The number of rotatable bonds is 3. The smallest absolute Gasteiger partial charge is 0.330 e. The van der Waals surface area contributed by atoms with Crippen LogP contribution >= 0.6 is 27.7 Å². The summed E-state index contributed by atoms with van der Waals surface area (Å²) in [6.07, 6.45) is -4.45. The molecule has 0 atom stereocenters. The molecule has 2 N–H and O–H groups in total. The SMILES string of the molecule is NCCSc1cc(C(F)(F)F)nc2ccc(Br)cc12. The molecule has 0 aliphatic heterocycles.